The Morgan fingerprint density at radius 3 is 2.81 bits per heavy atom. The van der Waals surface area contributed by atoms with Crippen LogP contribution in [0, 0.1) is 0 Å². The molecule has 0 aliphatic rings. The van der Waals surface area contributed by atoms with Gasteiger partial charge in [-0.05, 0) is 59.9 Å². The fourth-order valence-corrected chi connectivity index (χ4v) is 1.84. The molecule has 16 heavy (non-hydrogen) atoms. The number of phenolic OH excluding ortho intramolecular Hbond substituents is 1. The molecular formula is C12H18BrNO2. The van der Waals surface area contributed by atoms with E-state index in [4.69, 9.17) is 5.11 Å². The molecule has 0 spiro atoms. The molecule has 1 rings (SSSR count). The van der Waals surface area contributed by atoms with Crippen molar-refractivity contribution < 1.29 is 10.2 Å². The number of aromatic hydroxyl groups is 1. The van der Waals surface area contributed by atoms with Gasteiger partial charge in [0.1, 0.15) is 5.75 Å². The molecule has 0 saturated heterocycles. The quantitative estimate of drug-likeness (QED) is 0.705. The van der Waals surface area contributed by atoms with Crippen molar-refractivity contribution in [1.82, 2.24) is 5.32 Å². The third-order valence-corrected chi connectivity index (χ3v) is 2.95. The Kier molecular flexibility index (Phi) is 5.80. The SMILES string of the molecule is CC(O)CCCNCc1ccc(O)c(Br)c1. The maximum absolute atomic E-state index is 9.32. The topological polar surface area (TPSA) is 52.5 Å². The lowest BCUT2D eigenvalue weighted by Crippen LogP contribution is -2.16. The summed E-state index contributed by atoms with van der Waals surface area (Å²) in [5, 5.41) is 21.7. The van der Waals surface area contributed by atoms with Crippen molar-refractivity contribution >= 4 is 15.9 Å². The first-order valence-electron chi connectivity index (χ1n) is 5.46. The molecule has 0 bridgehead atoms. The van der Waals surface area contributed by atoms with Crippen LogP contribution in [-0.2, 0) is 6.54 Å². The first-order chi connectivity index (χ1) is 7.59. The fraction of sp³-hybridized carbons (Fsp3) is 0.500. The summed E-state index contributed by atoms with van der Waals surface area (Å²) in [4.78, 5) is 0. The second-order valence-corrected chi connectivity index (χ2v) is 4.81. The van der Waals surface area contributed by atoms with E-state index in [2.05, 4.69) is 21.2 Å². The van der Waals surface area contributed by atoms with Gasteiger partial charge in [0.25, 0.3) is 0 Å². The van der Waals surface area contributed by atoms with E-state index >= 15 is 0 Å². The lowest BCUT2D eigenvalue weighted by atomic mass is 10.2. The monoisotopic (exact) mass is 287 g/mol. The summed E-state index contributed by atoms with van der Waals surface area (Å²) in [5.74, 6) is 0.262. The van der Waals surface area contributed by atoms with Crippen LogP contribution in [0.1, 0.15) is 25.3 Å². The van der Waals surface area contributed by atoms with Gasteiger partial charge in [0, 0.05) is 6.54 Å². The number of benzene rings is 1. The van der Waals surface area contributed by atoms with Gasteiger partial charge in [-0.25, -0.2) is 0 Å². The van der Waals surface area contributed by atoms with Gasteiger partial charge in [-0.2, -0.15) is 0 Å². The summed E-state index contributed by atoms with van der Waals surface area (Å²) in [7, 11) is 0. The zero-order valence-corrected chi connectivity index (χ0v) is 11.0. The predicted octanol–water partition coefficient (Wildman–Crippen LogP) is 2.41. The number of rotatable bonds is 6. The van der Waals surface area contributed by atoms with E-state index in [1.807, 2.05) is 12.1 Å². The lowest BCUT2D eigenvalue weighted by molar-refractivity contribution is 0.181. The van der Waals surface area contributed by atoms with Crippen LogP contribution in [0.4, 0.5) is 0 Å². The van der Waals surface area contributed by atoms with Crippen molar-refractivity contribution in [2.75, 3.05) is 6.54 Å². The Morgan fingerprint density at radius 1 is 1.44 bits per heavy atom. The normalized spacial score (nSPS) is 12.7. The molecule has 0 aliphatic carbocycles. The summed E-state index contributed by atoms with van der Waals surface area (Å²) >= 11 is 3.28. The Morgan fingerprint density at radius 2 is 2.19 bits per heavy atom. The van der Waals surface area contributed by atoms with E-state index in [1.54, 1.807) is 13.0 Å². The summed E-state index contributed by atoms with van der Waals surface area (Å²) in [6, 6.07) is 5.47. The van der Waals surface area contributed by atoms with Crippen LogP contribution >= 0.6 is 15.9 Å². The van der Waals surface area contributed by atoms with Gasteiger partial charge in [-0.15, -0.1) is 0 Å². The van der Waals surface area contributed by atoms with Gasteiger partial charge in [-0.1, -0.05) is 6.07 Å². The number of hydrogen-bond acceptors (Lipinski definition) is 3. The van der Waals surface area contributed by atoms with Crippen LogP contribution in [0.5, 0.6) is 5.75 Å². The highest BCUT2D eigenvalue weighted by Crippen LogP contribution is 2.24. The maximum atomic E-state index is 9.32. The van der Waals surface area contributed by atoms with Gasteiger partial charge in [0.05, 0.1) is 10.6 Å². The van der Waals surface area contributed by atoms with E-state index in [9.17, 15) is 5.11 Å². The minimum Gasteiger partial charge on any atom is -0.507 e. The Balaban J connectivity index is 2.24. The molecule has 90 valence electrons. The van der Waals surface area contributed by atoms with Gasteiger partial charge in [0.2, 0.25) is 0 Å². The third kappa shape index (κ3) is 4.96. The number of nitrogens with one attached hydrogen (secondary N) is 1. The van der Waals surface area contributed by atoms with Crippen LogP contribution < -0.4 is 5.32 Å². The van der Waals surface area contributed by atoms with Crippen LogP contribution in [0.25, 0.3) is 0 Å². The second-order valence-electron chi connectivity index (χ2n) is 3.95. The Bertz CT molecular complexity index is 329. The second kappa shape index (κ2) is 6.89. The van der Waals surface area contributed by atoms with Crippen LogP contribution in [0.3, 0.4) is 0 Å². The lowest BCUT2D eigenvalue weighted by Gasteiger charge is -2.07. The molecule has 1 atom stereocenters. The molecule has 0 aromatic heterocycles. The van der Waals surface area contributed by atoms with Crippen LogP contribution in [-0.4, -0.2) is 22.9 Å². The zero-order valence-electron chi connectivity index (χ0n) is 9.41. The van der Waals surface area contributed by atoms with Crippen molar-refractivity contribution in [3.8, 4) is 5.75 Å². The highest BCUT2D eigenvalue weighted by molar-refractivity contribution is 9.10. The van der Waals surface area contributed by atoms with Crippen molar-refractivity contribution in [2.24, 2.45) is 0 Å². The average molecular weight is 288 g/mol. The highest BCUT2D eigenvalue weighted by atomic mass is 79.9. The largest absolute Gasteiger partial charge is 0.507 e. The number of phenols is 1. The summed E-state index contributed by atoms with van der Waals surface area (Å²) in [6.45, 7) is 3.47. The third-order valence-electron chi connectivity index (χ3n) is 2.32. The number of aliphatic hydroxyl groups excluding tert-OH is 1. The van der Waals surface area contributed by atoms with Gasteiger partial charge >= 0.3 is 0 Å². The Hall–Kier alpha value is -0.580. The molecule has 0 heterocycles. The first kappa shape index (κ1) is 13.5. The molecule has 0 aliphatic heterocycles. The minimum absolute atomic E-state index is 0.218. The minimum atomic E-state index is -0.218. The molecule has 4 heteroatoms. The smallest absolute Gasteiger partial charge is 0.129 e. The molecule has 0 radical (unpaired) electrons. The maximum Gasteiger partial charge on any atom is 0.129 e. The molecule has 0 fully saturated rings. The first-order valence-corrected chi connectivity index (χ1v) is 6.25. The van der Waals surface area contributed by atoms with E-state index in [0.29, 0.717) is 0 Å². The molecule has 3 nitrogen and oxygen atoms in total. The summed E-state index contributed by atoms with van der Waals surface area (Å²) < 4.78 is 0.718. The fourth-order valence-electron chi connectivity index (χ4n) is 1.42. The standard InChI is InChI=1S/C12H18BrNO2/c1-9(15)3-2-6-14-8-10-4-5-12(16)11(13)7-10/h4-5,7,9,14-16H,2-3,6,8H2,1H3. The summed E-state index contributed by atoms with van der Waals surface area (Å²) in [5.41, 5.74) is 1.13. The van der Waals surface area contributed by atoms with Gasteiger partial charge in [0.15, 0.2) is 0 Å². The van der Waals surface area contributed by atoms with Crippen LogP contribution in [0.15, 0.2) is 22.7 Å². The van der Waals surface area contributed by atoms with Crippen molar-refractivity contribution in [3.05, 3.63) is 28.2 Å². The molecule has 1 aromatic rings. The molecule has 3 N–H and O–H groups in total. The molecule has 0 amide bonds. The number of halogens is 1. The van der Waals surface area contributed by atoms with E-state index in [1.165, 1.54) is 0 Å². The molecular weight excluding hydrogens is 270 g/mol. The van der Waals surface area contributed by atoms with E-state index < -0.39 is 0 Å². The van der Waals surface area contributed by atoms with Crippen molar-refractivity contribution in [3.63, 3.8) is 0 Å². The number of hydrogen-bond donors (Lipinski definition) is 3. The molecule has 1 unspecified atom stereocenters. The van der Waals surface area contributed by atoms with Crippen molar-refractivity contribution in [1.29, 1.82) is 0 Å². The highest BCUT2D eigenvalue weighted by Gasteiger charge is 1.99. The zero-order chi connectivity index (χ0) is 12.0. The Labute approximate surface area is 105 Å². The summed E-state index contributed by atoms with van der Waals surface area (Å²) in [6.07, 6.45) is 1.58. The van der Waals surface area contributed by atoms with Crippen LogP contribution in [0.2, 0.25) is 0 Å². The predicted molar refractivity (Wildman–Crippen MR) is 68.4 cm³/mol. The number of aliphatic hydroxyl groups is 1. The van der Waals surface area contributed by atoms with E-state index in [-0.39, 0.29) is 11.9 Å². The molecule has 1 aromatic carbocycles. The van der Waals surface area contributed by atoms with Crippen molar-refractivity contribution in [2.45, 2.75) is 32.4 Å². The van der Waals surface area contributed by atoms with Gasteiger partial charge in [-0.3, -0.25) is 0 Å². The van der Waals surface area contributed by atoms with Gasteiger partial charge < -0.3 is 15.5 Å². The molecule has 0 saturated carbocycles. The average Bonchev–Trinajstić information content (AvgIpc) is 2.22. The van der Waals surface area contributed by atoms with E-state index in [0.717, 1.165) is 36.0 Å².